The molecule has 148 valence electrons. The van der Waals surface area contributed by atoms with Gasteiger partial charge in [-0.3, -0.25) is 4.79 Å². The minimum Gasteiger partial charge on any atom is -0.490 e. The molecule has 0 aliphatic heterocycles. The van der Waals surface area contributed by atoms with Gasteiger partial charge < -0.3 is 14.6 Å². The molecule has 0 saturated heterocycles. The highest BCUT2D eigenvalue weighted by atomic mass is 35.5. The Morgan fingerprint density at radius 1 is 1.36 bits per heavy atom. The quantitative estimate of drug-likeness (QED) is 0.816. The van der Waals surface area contributed by atoms with Crippen LogP contribution >= 0.6 is 11.6 Å². The Kier molecular flexibility index (Phi) is 6.25. The number of carbonyl (C=O) groups is 1. The fourth-order valence-electron chi connectivity index (χ4n) is 3.56. The molecular formula is C21H25ClN4O2. The number of hydrogen-bond acceptors (Lipinski definition) is 4. The lowest BCUT2D eigenvalue weighted by Crippen LogP contribution is -2.39. The molecule has 0 spiro atoms. The van der Waals surface area contributed by atoms with Crippen LogP contribution in [-0.4, -0.2) is 27.6 Å². The van der Waals surface area contributed by atoms with E-state index in [2.05, 4.69) is 24.1 Å². The van der Waals surface area contributed by atoms with Gasteiger partial charge in [-0.1, -0.05) is 25.4 Å². The van der Waals surface area contributed by atoms with E-state index in [9.17, 15) is 4.79 Å². The van der Waals surface area contributed by atoms with Crippen LogP contribution in [0.2, 0.25) is 5.02 Å². The Bertz CT molecular complexity index is 892. The minimum absolute atomic E-state index is 0.0829. The number of aromatic nitrogens is 2. The summed E-state index contributed by atoms with van der Waals surface area (Å²) in [6.07, 6.45) is 5.27. The van der Waals surface area contributed by atoms with Crippen LogP contribution in [0.15, 0.2) is 24.4 Å². The summed E-state index contributed by atoms with van der Waals surface area (Å²) in [5.41, 5.74) is 0.910. The van der Waals surface area contributed by atoms with Crippen LogP contribution < -0.4 is 10.1 Å². The van der Waals surface area contributed by atoms with Gasteiger partial charge in [-0.25, -0.2) is 4.98 Å². The number of amides is 1. The number of ether oxygens (including phenoxy) is 1. The van der Waals surface area contributed by atoms with Gasteiger partial charge in [0, 0.05) is 31.3 Å². The molecule has 1 fully saturated rings. The lowest BCUT2D eigenvalue weighted by atomic mass is 9.93. The fraction of sp³-hybridized carbons (Fsp3) is 0.476. The molecule has 7 heteroatoms. The van der Waals surface area contributed by atoms with Gasteiger partial charge in [0.1, 0.15) is 23.3 Å². The number of nitrogens with one attached hydrogen (secondary N) is 1. The van der Waals surface area contributed by atoms with Crippen LogP contribution in [-0.2, 0) is 7.05 Å². The molecule has 0 unspecified atom stereocenters. The zero-order valence-electron chi connectivity index (χ0n) is 16.4. The molecule has 0 atom stereocenters. The summed E-state index contributed by atoms with van der Waals surface area (Å²) in [4.78, 5) is 17.0. The first-order chi connectivity index (χ1) is 13.4. The minimum atomic E-state index is -0.120. The Hall–Kier alpha value is -2.52. The molecule has 1 aromatic carbocycles. The van der Waals surface area contributed by atoms with Gasteiger partial charge in [0.2, 0.25) is 0 Å². The zero-order valence-corrected chi connectivity index (χ0v) is 17.2. The van der Waals surface area contributed by atoms with Gasteiger partial charge in [0.25, 0.3) is 5.91 Å². The van der Waals surface area contributed by atoms with Crippen molar-refractivity contribution in [3.05, 3.63) is 46.5 Å². The van der Waals surface area contributed by atoms with E-state index in [4.69, 9.17) is 21.6 Å². The second-order valence-electron chi connectivity index (χ2n) is 7.57. The third-order valence-corrected chi connectivity index (χ3v) is 5.35. The van der Waals surface area contributed by atoms with E-state index in [1.165, 1.54) is 0 Å². The maximum atomic E-state index is 12.5. The summed E-state index contributed by atoms with van der Waals surface area (Å²) < 4.78 is 7.91. The van der Waals surface area contributed by atoms with Crippen molar-refractivity contribution in [3.63, 3.8) is 0 Å². The highest BCUT2D eigenvalue weighted by molar-refractivity contribution is 6.31. The summed E-state index contributed by atoms with van der Waals surface area (Å²) in [5.74, 6) is 1.73. The van der Waals surface area contributed by atoms with Crippen molar-refractivity contribution in [2.75, 3.05) is 0 Å². The Labute approximate surface area is 170 Å². The normalized spacial score (nSPS) is 19.3. The lowest BCUT2D eigenvalue weighted by molar-refractivity contribution is 0.0889. The van der Waals surface area contributed by atoms with E-state index in [0.717, 1.165) is 31.5 Å². The molecule has 28 heavy (non-hydrogen) atoms. The summed E-state index contributed by atoms with van der Waals surface area (Å²) in [6, 6.07) is 7.29. The Morgan fingerprint density at radius 3 is 2.64 bits per heavy atom. The van der Waals surface area contributed by atoms with Crippen molar-refractivity contribution < 1.29 is 9.53 Å². The topological polar surface area (TPSA) is 79.9 Å². The molecule has 0 radical (unpaired) electrons. The van der Waals surface area contributed by atoms with Crippen LogP contribution in [0.4, 0.5) is 0 Å². The molecule has 1 aromatic heterocycles. The van der Waals surface area contributed by atoms with E-state index in [0.29, 0.717) is 22.0 Å². The molecule has 2 aromatic rings. The maximum Gasteiger partial charge on any atom is 0.271 e. The molecule has 0 bridgehead atoms. The molecule has 1 aliphatic carbocycles. The summed E-state index contributed by atoms with van der Waals surface area (Å²) >= 11 is 6.06. The van der Waals surface area contributed by atoms with Crippen LogP contribution in [0.5, 0.6) is 5.75 Å². The van der Waals surface area contributed by atoms with Gasteiger partial charge >= 0.3 is 0 Å². The number of nitriles is 1. The predicted molar refractivity (Wildman–Crippen MR) is 108 cm³/mol. The predicted octanol–water partition coefficient (Wildman–Crippen LogP) is 4.19. The van der Waals surface area contributed by atoms with Crippen molar-refractivity contribution in [3.8, 4) is 11.8 Å². The third kappa shape index (κ3) is 4.66. The average Bonchev–Trinajstić information content (AvgIpc) is 3.06. The number of aryl methyl sites for hydroxylation is 1. The van der Waals surface area contributed by atoms with Crippen molar-refractivity contribution in [1.82, 2.24) is 14.9 Å². The van der Waals surface area contributed by atoms with Crippen LogP contribution in [0.1, 0.15) is 67.3 Å². The van der Waals surface area contributed by atoms with E-state index < -0.39 is 0 Å². The molecule has 1 saturated carbocycles. The van der Waals surface area contributed by atoms with Gasteiger partial charge in [-0.05, 0) is 37.8 Å². The number of imidazole rings is 1. The van der Waals surface area contributed by atoms with Crippen LogP contribution in [0.25, 0.3) is 0 Å². The number of benzene rings is 1. The maximum absolute atomic E-state index is 12.5. The summed E-state index contributed by atoms with van der Waals surface area (Å²) in [7, 11) is 1.91. The van der Waals surface area contributed by atoms with Gasteiger partial charge in [0.15, 0.2) is 0 Å². The lowest BCUT2D eigenvalue weighted by Gasteiger charge is -2.29. The largest absolute Gasteiger partial charge is 0.490 e. The van der Waals surface area contributed by atoms with Gasteiger partial charge in [0.05, 0.1) is 16.7 Å². The molecule has 6 nitrogen and oxygen atoms in total. The number of hydrogen-bond donors (Lipinski definition) is 1. The molecule has 1 amide bonds. The number of rotatable bonds is 5. The highest BCUT2D eigenvalue weighted by Gasteiger charge is 2.25. The van der Waals surface area contributed by atoms with E-state index >= 15 is 0 Å². The summed E-state index contributed by atoms with van der Waals surface area (Å²) in [6.45, 7) is 4.12. The monoisotopic (exact) mass is 400 g/mol. The standard InChI is InChI=1S/C21H25ClN4O2/c1-13(2)20-25-19(12-26(20)3)21(27)24-15-5-8-16(9-6-15)28-17-7-4-14(11-23)18(22)10-17/h4,7,10,12-13,15-16H,5-6,8-9H2,1-3H3,(H,24,27). The second kappa shape index (κ2) is 8.66. The van der Waals surface area contributed by atoms with Crippen molar-refractivity contribution in [2.24, 2.45) is 7.05 Å². The molecule has 1 aliphatic rings. The molecular weight excluding hydrogens is 376 g/mol. The number of carbonyl (C=O) groups excluding carboxylic acids is 1. The fourth-order valence-corrected chi connectivity index (χ4v) is 3.78. The highest BCUT2D eigenvalue weighted by Crippen LogP contribution is 2.27. The summed E-state index contributed by atoms with van der Waals surface area (Å²) in [5, 5.41) is 12.4. The van der Waals surface area contributed by atoms with Crippen molar-refractivity contribution in [2.45, 2.75) is 57.6 Å². The SMILES string of the molecule is CC(C)c1nc(C(=O)NC2CCC(Oc3ccc(C#N)c(Cl)c3)CC2)cn1C. The van der Waals surface area contributed by atoms with Gasteiger partial charge in [-0.15, -0.1) is 0 Å². The van der Waals surface area contributed by atoms with E-state index in [1.807, 2.05) is 17.7 Å². The first-order valence-corrected chi connectivity index (χ1v) is 9.95. The Morgan fingerprint density at radius 2 is 2.07 bits per heavy atom. The Balaban J connectivity index is 1.51. The second-order valence-corrected chi connectivity index (χ2v) is 7.98. The molecule has 1 N–H and O–H groups in total. The van der Waals surface area contributed by atoms with E-state index in [-0.39, 0.29) is 24.0 Å². The van der Waals surface area contributed by atoms with Crippen molar-refractivity contribution >= 4 is 17.5 Å². The number of halogens is 1. The molecule has 1 heterocycles. The third-order valence-electron chi connectivity index (χ3n) is 5.03. The van der Waals surface area contributed by atoms with Crippen molar-refractivity contribution in [1.29, 1.82) is 5.26 Å². The van der Waals surface area contributed by atoms with E-state index in [1.54, 1.807) is 24.4 Å². The first-order valence-electron chi connectivity index (χ1n) is 9.57. The zero-order chi connectivity index (χ0) is 20.3. The van der Waals surface area contributed by atoms with Crippen LogP contribution in [0.3, 0.4) is 0 Å². The van der Waals surface area contributed by atoms with Crippen LogP contribution in [0, 0.1) is 11.3 Å². The average molecular weight is 401 g/mol. The first kappa shape index (κ1) is 20.2. The number of nitrogens with zero attached hydrogens (tertiary/aromatic N) is 3. The van der Waals surface area contributed by atoms with Gasteiger partial charge in [-0.2, -0.15) is 5.26 Å². The smallest absolute Gasteiger partial charge is 0.271 e. The molecule has 3 rings (SSSR count).